The molecule has 0 bridgehead atoms. The molecule has 0 aliphatic heterocycles. The number of nitrogens with zero attached hydrogens (tertiary/aromatic N) is 2. The lowest BCUT2D eigenvalue weighted by molar-refractivity contribution is 0.0960. The number of hydrogen-bond donors (Lipinski definition) is 3. The van der Waals surface area contributed by atoms with Gasteiger partial charge < -0.3 is 20.5 Å². The van der Waals surface area contributed by atoms with E-state index in [1.165, 1.54) is 17.5 Å². The fourth-order valence-electron chi connectivity index (χ4n) is 3.37. The number of nitrogens with one attached hydrogen (secondary N) is 2. The highest BCUT2D eigenvalue weighted by molar-refractivity contribution is 7.22. The van der Waals surface area contributed by atoms with Crippen molar-refractivity contribution in [2.75, 3.05) is 12.4 Å². The van der Waals surface area contributed by atoms with E-state index in [0.717, 1.165) is 41.0 Å². The van der Waals surface area contributed by atoms with Crippen LogP contribution >= 0.6 is 11.3 Å². The molecule has 7 nitrogen and oxygen atoms in total. The Bertz CT molecular complexity index is 990. The first kappa shape index (κ1) is 18.6. The number of benzene rings is 1. The van der Waals surface area contributed by atoms with Crippen LogP contribution in [0.4, 0.5) is 5.13 Å². The number of rotatable bonds is 5. The second-order valence-electron chi connectivity index (χ2n) is 6.80. The highest BCUT2D eigenvalue weighted by Crippen LogP contribution is 2.33. The third kappa shape index (κ3) is 3.93. The van der Waals surface area contributed by atoms with Crippen LogP contribution in [-0.4, -0.2) is 40.2 Å². The smallest absolute Gasteiger partial charge is 0.256 e. The lowest BCUT2D eigenvalue weighted by Gasteiger charge is -2.27. The zero-order valence-electron chi connectivity index (χ0n) is 15.5. The van der Waals surface area contributed by atoms with E-state index in [4.69, 9.17) is 4.74 Å². The summed E-state index contributed by atoms with van der Waals surface area (Å²) in [5, 5.41) is 16.9. The summed E-state index contributed by atoms with van der Waals surface area (Å²) in [6.07, 6.45) is 6.73. The summed E-state index contributed by atoms with van der Waals surface area (Å²) in [7, 11) is 1.57. The fraction of sp³-hybridized carbons (Fsp3) is 0.350. The Morgan fingerprint density at radius 1 is 1.29 bits per heavy atom. The van der Waals surface area contributed by atoms with E-state index in [-0.39, 0.29) is 18.1 Å². The highest BCUT2D eigenvalue weighted by atomic mass is 32.1. The van der Waals surface area contributed by atoms with Gasteiger partial charge in [0.25, 0.3) is 5.91 Å². The first-order valence-corrected chi connectivity index (χ1v) is 10.1. The van der Waals surface area contributed by atoms with Crippen molar-refractivity contribution in [3.05, 3.63) is 42.2 Å². The molecule has 0 unspecified atom stereocenters. The lowest BCUT2D eigenvalue weighted by atomic mass is 9.93. The molecule has 1 amide bonds. The van der Waals surface area contributed by atoms with Crippen LogP contribution in [0.25, 0.3) is 10.2 Å². The van der Waals surface area contributed by atoms with E-state index in [0.29, 0.717) is 17.1 Å². The molecule has 1 saturated carbocycles. The number of aliphatic hydroxyl groups excluding tert-OH is 1. The maximum atomic E-state index is 12.0. The predicted molar refractivity (Wildman–Crippen MR) is 109 cm³/mol. The number of fused-ring (bicyclic) bond motifs is 1. The van der Waals surface area contributed by atoms with Crippen LogP contribution < -0.4 is 15.4 Å². The van der Waals surface area contributed by atoms with Crippen molar-refractivity contribution in [1.29, 1.82) is 0 Å². The van der Waals surface area contributed by atoms with Crippen LogP contribution in [0.1, 0.15) is 36.0 Å². The van der Waals surface area contributed by atoms with E-state index in [1.807, 2.05) is 18.2 Å². The first-order valence-electron chi connectivity index (χ1n) is 9.33. The minimum atomic E-state index is -0.325. The topological polar surface area (TPSA) is 96.4 Å². The molecule has 1 fully saturated rings. The van der Waals surface area contributed by atoms with E-state index >= 15 is 0 Å². The molecule has 4 rings (SSSR count). The van der Waals surface area contributed by atoms with E-state index in [1.54, 1.807) is 19.3 Å². The summed E-state index contributed by atoms with van der Waals surface area (Å²) in [5.74, 6) is 0.818. The molecule has 146 valence electrons. The number of amides is 1. The van der Waals surface area contributed by atoms with Crippen LogP contribution in [0.5, 0.6) is 11.5 Å². The molecular weight excluding hydrogens is 376 g/mol. The maximum absolute atomic E-state index is 12.0. The highest BCUT2D eigenvalue weighted by Gasteiger charge is 2.23. The number of ether oxygens (including phenoxy) is 1. The van der Waals surface area contributed by atoms with Gasteiger partial charge in [0, 0.05) is 25.5 Å². The van der Waals surface area contributed by atoms with Gasteiger partial charge in [-0.05, 0) is 31.0 Å². The Morgan fingerprint density at radius 3 is 2.96 bits per heavy atom. The van der Waals surface area contributed by atoms with Crippen molar-refractivity contribution in [2.45, 2.75) is 37.8 Å². The summed E-state index contributed by atoms with van der Waals surface area (Å²) in [5.41, 5.74) is 1.24. The second-order valence-corrected chi connectivity index (χ2v) is 7.83. The quantitative estimate of drug-likeness (QED) is 0.608. The summed E-state index contributed by atoms with van der Waals surface area (Å²) < 4.78 is 6.91. The van der Waals surface area contributed by atoms with Crippen molar-refractivity contribution in [1.82, 2.24) is 15.3 Å². The molecule has 0 radical (unpaired) electrons. The Morgan fingerprint density at radius 2 is 2.14 bits per heavy atom. The minimum absolute atomic E-state index is 0.0527. The minimum Gasteiger partial charge on any atom is -0.456 e. The number of pyridine rings is 1. The molecular formula is C20H22N4O3S. The molecule has 3 N–H and O–H groups in total. The van der Waals surface area contributed by atoms with Gasteiger partial charge in [0.2, 0.25) is 0 Å². The SMILES string of the molecule is CNC(=O)c1cnccc1Oc1ccc2nc(N[C@@H]3CCCC[C@H]3O)sc2c1. The molecule has 1 aliphatic rings. The molecule has 0 saturated heterocycles. The summed E-state index contributed by atoms with van der Waals surface area (Å²) in [4.78, 5) is 20.6. The third-order valence-corrected chi connectivity index (χ3v) is 5.83. The van der Waals surface area contributed by atoms with Gasteiger partial charge in [0.05, 0.1) is 22.4 Å². The van der Waals surface area contributed by atoms with Gasteiger partial charge in [0.1, 0.15) is 17.1 Å². The number of aliphatic hydroxyl groups is 1. The molecule has 2 heterocycles. The fourth-order valence-corrected chi connectivity index (χ4v) is 4.33. The largest absolute Gasteiger partial charge is 0.456 e. The van der Waals surface area contributed by atoms with Crippen molar-refractivity contribution < 1.29 is 14.6 Å². The Balaban J connectivity index is 1.55. The van der Waals surface area contributed by atoms with Gasteiger partial charge in [-0.3, -0.25) is 9.78 Å². The van der Waals surface area contributed by atoms with Gasteiger partial charge >= 0.3 is 0 Å². The summed E-state index contributed by atoms with van der Waals surface area (Å²) >= 11 is 1.53. The number of aromatic nitrogens is 2. The normalized spacial score (nSPS) is 19.4. The average molecular weight is 398 g/mol. The Labute approximate surface area is 166 Å². The molecule has 1 aliphatic carbocycles. The number of carbonyl (C=O) groups excluding carboxylic acids is 1. The van der Waals surface area contributed by atoms with E-state index in [2.05, 4.69) is 20.6 Å². The van der Waals surface area contributed by atoms with Gasteiger partial charge in [-0.15, -0.1) is 0 Å². The maximum Gasteiger partial charge on any atom is 0.256 e. The van der Waals surface area contributed by atoms with Crippen LogP contribution in [-0.2, 0) is 0 Å². The first-order chi connectivity index (χ1) is 13.6. The second kappa shape index (κ2) is 8.12. The van der Waals surface area contributed by atoms with Crippen LogP contribution in [0.2, 0.25) is 0 Å². The van der Waals surface area contributed by atoms with Crippen molar-refractivity contribution in [2.24, 2.45) is 0 Å². The summed E-state index contributed by atoms with van der Waals surface area (Å²) in [6, 6.07) is 7.35. The van der Waals surface area contributed by atoms with E-state index in [9.17, 15) is 9.90 Å². The van der Waals surface area contributed by atoms with E-state index < -0.39 is 0 Å². The Hall–Kier alpha value is -2.71. The molecule has 1 aromatic carbocycles. The van der Waals surface area contributed by atoms with Crippen molar-refractivity contribution in [3.63, 3.8) is 0 Å². The molecule has 28 heavy (non-hydrogen) atoms. The molecule has 2 aromatic heterocycles. The molecule has 8 heteroatoms. The number of anilines is 1. The van der Waals surface area contributed by atoms with Gasteiger partial charge in [-0.2, -0.15) is 0 Å². The average Bonchev–Trinajstić information content (AvgIpc) is 3.11. The van der Waals surface area contributed by atoms with Crippen LogP contribution in [0.15, 0.2) is 36.7 Å². The van der Waals surface area contributed by atoms with Crippen LogP contribution in [0, 0.1) is 0 Å². The molecule has 0 spiro atoms. The zero-order valence-corrected chi connectivity index (χ0v) is 16.3. The van der Waals surface area contributed by atoms with Crippen LogP contribution in [0.3, 0.4) is 0 Å². The third-order valence-electron chi connectivity index (χ3n) is 4.88. The number of hydrogen-bond acceptors (Lipinski definition) is 7. The number of carbonyl (C=O) groups is 1. The predicted octanol–water partition coefficient (Wildman–Crippen LogP) is 3.56. The number of thiazole rings is 1. The summed E-state index contributed by atoms with van der Waals surface area (Å²) in [6.45, 7) is 0. The Kier molecular flexibility index (Phi) is 5.40. The van der Waals surface area contributed by atoms with Crippen molar-refractivity contribution in [3.8, 4) is 11.5 Å². The lowest BCUT2D eigenvalue weighted by Crippen LogP contribution is -2.36. The standard InChI is InChI=1S/C20H22N4O3S/c1-21-19(26)13-11-22-9-8-17(13)27-12-6-7-15-18(10-12)28-20(24-15)23-14-4-2-3-5-16(14)25/h6-11,14,16,25H,2-5H2,1H3,(H,21,26)(H,23,24)/t14-,16-/m1/s1. The zero-order chi connectivity index (χ0) is 19.5. The molecule has 2 atom stereocenters. The van der Waals surface area contributed by atoms with Gasteiger partial charge in [0.15, 0.2) is 5.13 Å². The van der Waals surface area contributed by atoms with Gasteiger partial charge in [-0.25, -0.2) is 4.98 Å². The van der Waals surface area contributed by atoms with Gasteiger partial charge in [-0.1, -0.05) is 24.2 Å². The monoisotopic (exact) mass is 398 g/mol. The van der Waals surface area contributed by atoms with Crippen molar-refractivity contribution >= 4 is 32.6 Å². The molecule has 3 aromatic rings.